The number of carbonyl (C=O) groups excluding carboxylic acids is 4. The SMILES string of the molecule is C=C(C)C(=O)OC(=O)CC(C)=O.C=CC(=O)OO. The maximum atomic E-state index is 10.7. The van der Waals surface area contributed by atoms with E-state index in [1.54, 1.807) is 0 Å². The maximum absolute atomic E-state index is 10.7. The van der Waals surface area contributed by atoms with Crippen LogP contribution in [0.3, 0.4) is 0 Å². The second-order valence-corrected chi connectivity index (χ2v) is 3.04. The van der Waals surface area contributed by atoms with Crippen molar-refractivity contribution in [3.63, 3.8) is 0 Å². The minimum atomic E-state index is -0.838. The average Bonchev–Trinajstić information content (AvgIpc) is 2.27. The van der Waals surface area contributed by atoms with Gasteiger partial charge in [0.05, 0.1) is 0 Å². The van der Waals surface area contributed by atoms with Crippen LogP contribution in [-0.4, -0.2) is 28.9 Å². The van der Waals surface area contributed by atoms with Gasteiger partial charge >= 0.3 is 17.9 Å². The predicted octanol–water partition coefficient (Wildman–Crippen LogP) is 0.800. The number of ether oxygens (including phenoxy) is 1. The van der Waals surface area contributed by atoms with Gasteiger partial charge in [-0.15, -0.1) is 0 Å². The predicted molar refractivity (Wildman–Crippen MR) is 60.1 cm³/mol. The van der Waals surface area contributed by atoms with Gasteiger partial charge in [0.2, 0.25) is 0 Å². The Morgan fingerprint density at radius 1 is 1.22 bits per heavy atom. The Bertz CT molecular complexity index is 368. The molecule has 7 nitrogen and oxygen atoms in total. The van der Waals surface area contributed by atoms with E-state index in [1.807, 2.05) is 0 Å². The summed E-state index contributed by atoms with van der Waals surface area (Å²) in [5.74, 6) is -2.80. The Hall–Kier alpha value is -2.28. The monoisotopic (exact) mass is 258 g/mol. The summed E-state index contributed by atoms with van der Waals surface area (Å²) in [6.45, 7) is 8.94. The molecule has 0 aliphatic carbocycles. The molecule has 0 aromatic carbocycles. The van der Waals surface area contributed by atoms with Crippen molar-refractivity contribution < 1.29 is 34.1 Å². The Kier molecular flexibility index (Phi) is 9.96. The number of ketones is 1. The van der Waals surface area contributed by atoms with E-state index in [2.05, 4.69) is 22.8 Å². The lowest BCUT2D eigenvalue weighted by Gasteiger charge is -1.99. The van der Waals surface area contributed by atoms with Crippen LogP contribution in [0, 0.1) is 0 Å². The standard InChI is InChI=1S/C8H10O4.C3H4O3/c1-5(2)8(11)12-7(10)4-6(3)9;1-2-3(4)6-5/h1,4H2,2-3H3;2,5H,1H2. The Balaban J connectivity index is 0. The van der Waals surface area contributed by atoms with Crippen LogP contribution < -0.4 is 0 Å². The lowest BCUT2D eigenvalue weighted by molar-refractivity contribution is -0.228. The van der Waals surface area contributed by atoms with Crippen LogP contribution in [0.15, 0.2) is 24.8 Å². The van der Waals surface area contributed by atoms with E-state index in [0.717, 1.165) is 6.08 Å². The number of hydrogen-bond acceptors (Lipinski definition) is 7. The van der Waals surface area contributed by atoms with Crippen molar-refractivity contribution in [2.45, 2.75) is 20.3 Å². The topological polar surface area (TPSA) is 107 Å². The first-order chi connectivity index (χ1) is 8.24. The van der Waals surface area contributed by atoms with E-state index in [9.17, 15) is 19.2 Å². The van der Waals surface area contributed by atoms with E-state index in [0.29, 0.717) is 0 Å². The number of Topliss-reactive ketones (excluding diaryl/α,β-unsaturated/α-hetero) is 1. The fourth-order valence-corrected chi connectivity index (χ4v) is 0.467. The van der Waals surface area contributed by atoms with E-state index < -0.39 is 17.9 Å². The smallest absolute Gasteiger partial charge is 0.365 e. The van der Waals surface area contributed by atoms with Crippen molar-refractivity contribution in [1.82, 2.24) is 0 Å². The molecule has 0 atom stereocenters. The van der Waals surface area contributed by atoms with Gasteiger partial charge < -0.3 is 4.74 Å². The Morgan fingerprint density at radius 2 is 1.72 bits per heavy atom. The molecule has 0 amide bonds. The summed E-state index contributed by atoms with van der Waals surface area (Å²) in [5.41, 5.74) is 0.131. The molecule has 7 heteroatoms. The normalized spacial score (nSPS) is 8.17. The third kappa shape index (κ3) is 11.8. The molecule has 0 unspecified atom stereocenters. The zero-order chi connectivity index (χ0) is 14.7. The van der Waals surface area contributed by atoms with Crippen molar-refractivity contribution in [3.8, 4) is 0 Å². The van der Waals surface area contributed by atoms with Crippen LogP contribution >= 0.6 is 0 Å². The highest BCUT2D eigenvalue weighted by molar-refractivity contribution is 6.01. The summed E-state index contributed by atoms with van der Waals surface area (Å²) < 4.78 is 4.22. The molecule has 0 aliphatic heterocycles. The van der Waals surface area contributed by atoms with Crippen molar-refractivity contribution in [3.05, 3.63) is 24.8 Å². The third-order valence-corrected chi connectivity index (χ3v) is 1.20. The second-order valence-electron chi connectivity index (χ2n) is 3.04. The zero-order valence-corrected chi connectivity index (χ0v) is 10.1. The number of hydrogen-bond donors (Lipinski definition) is 1. The highest BCUT2D eigenvalue weighted by Gasteiger charge is 2.12. The molecule has 0 bridgehead atoms. The molecule has 0 radical (unpaired) electrons. The quantitative estimate of drug-likeness (QED) is 0.261. The molecule has 0 aliphatic rings. The summed E-state index contributed by atoms with van der Waals surface area (Å²) in [5, 5.41) is 7.41. The highest BCUT2D eigenvalue weighted by Crippen LogP contribution is 1.95. The number of rotatable bonds is 4. The summed E-state index contributed by atoms with van der Waals surface area (Å²) in [4.78, 5) is 44.4. The van der Waals surface area contributed by atoms with Gasteiger partial charge in [0.1, 0.15) is 12.2 Å². The second kappa shape index (κ2) is 9.91. The molecule has 0 saturated heterocycles. The molecule has 0 saturated carbocycles. The van der Waals surface area contributed by atoms with Gasteiger partial charge in [-0.1, -0.05) is 13.2 Å². The fourth-order valence-electron chi connectivity index (χ4n) is 0.467. The molecule has 0 fully saturated rings. The van der Waals surface area contributed by atoms with Crippen LogP contribution in [-0.2, 0) is 28.8 Å². The zero-order valence-electron chi connectivity index (χ0n) is 10.1. The van der Waals surface area contributed by atoms with Gasteiger partial charge in [-0.3, -0.25) is 14.5 Å². The van der Waals surface area contributed by atoms with E-state index in [-0.39, 0.29) is 17.8 Å². The van der Waals surface area contributed by atoms with Crippen LogP contribution in [0.5, 0.6) is 0 Å². The molecule has 0 heterocycles. The van der Waals surface area contributed by atoms with Gasteiger partial charge in [-0.25, -0.2) is 9.59 Å². The number of esters is 2. The largest absolute Gasteiger partial charge is 0.389 e. The molecular weight excluding hydrogens is 244 g/mol. The minimum Gasteiger partial charge on any atom is -0.389 e. The molecule has 0 rings (SSSR count). The summed E-state index contributed by atoms with van der Waals surface area (Å²) >= 11 is 0. The van der Waals surface area contributed by atoms with Crippen LogP contribution in [0.4, 0.5) is 0 Å². The summed E-state index contributed by atoms with van der Waals surface area (Å²) in [7, 11) is 0. The van der Waals surface area contributed by atoms with Crippen molar-refractivity contribution in [1.29, 1.82) is 0 Å². The molecule has 0 aromatic heterocycles. The minimum absolute atomic E-state index is 0.131. The fraction of sp³-hybridized carbons (Fsp3) is 0.273. The van der Waals surface area contributed by atoms with Crippen molar-refractivity contribution >= 4 is 23.7 Å². The van der Waals surface area contributed by atoms with Crippen LogP contribution in [0.2, 0.25) is 0 Å². The maximum Gasteiger partial charge on any atom is 0.365 e. The van der Waals surface area contributed by atoms with Gasteiger partial charge in [0.15, 0.2) is 0 Å². The Morgan fingerprint density at radius 3 is 1.94 bits per heavy atom. The molecule has 0 spiro atoms. The lowest BCUT2D eigenvalue weighted by atomic mass is 10.3. The van der Waals surface area contributed by atoms with Gasteiger partial charge in [-0.05, 0) is 13.8 Å². The van der Waals surface area contributed by atoms with Gasteiger partial charge in [0.25, 0.3) is 0 Å². The van der Waals surface area contributed by atoms with E-state index in [4.69, 9.17) is 5.26 Å². The molecular formula is C11H14O7. The first-order valence-electron chi connectivity index (χ1n) is 4.62. The van der Waals surface area contributed by atoms with Crippen molar-refractivity contribution in [2.75, 3.05) is 0 Å². The third-order valence-electron chi connectivity index (χ3n) is 1.20. The molecule has 100 valence electrons. The lowest BCUT2D eigenvalue weighted by Crippen LogP contribution is -2.14. The number of carbonyl (C=O) groups is 4. The molecule has 18 heavy (non-hydrogen) atoms. The molecule has 1 N–H and O–H groups in total. The van der Waals surface area contributed by atoms with Gasteiger partial charge in [-0.2, -0.15) is 5.26 Å². The van der Waals surface area contributed by atoms with E-state index >= 15 is 0 Å². The van der Waals surface area contributed by atoms with E-state index in [1.165, 1.54) is 13.8 Å². The van der Waals surface area contributed by atoms with Crippen LogP contribution in [0.1, 0.15) is 20.3 Å². The molecule has 0 aromatic rings. The first-order valence-corrected chi connectivity index (χ1v) is 4.62. The summed E-state index contributed by atoms with van der Waals surface area (Å²) in [6, 6.07) is 0. The average molecular weight is 258 g/mol. The van der Waals surface area contributed by atoms with Crippen LogP contribution in [0.25, 0.3) is 0 Å². The van der Waals surface area contributed by atoms with Crippen molar-refractivity contribution in [2.24, 2.45) is 0 Å². The Labute approximate surface area is 104 Å². The van der Waals surface area contributed by atoms with Gasteiger partial charge in [0, 0.05) is 11.6 Å². The summed E-state index contributed by atoms with van der Waals surface area (Å²) in [6.07, 6.45) is 0.485. The highest BCUT2D eigenvalue weighted by atomic mass is 17.1. The first kappa shape index (κ1) is 18.1.